The molecule has 0 fully saturated rings. The number of nitrogens with zero attached hydrogens (tertiary/aromatic N) is 5. The van der Waals surface area contributed by atoms with Crippen molar-refractivity contribution in [2.75, 3.05) is 0 Å². The average molecular weight is 249 g/mol. The Morgan fingerprint density at radius 1 is 1.44 bits per heavy atom. The van der Waals surface area contributed by atoms with Crippen molar-refractivity contribution < 1.29 is 0 Å². The van der Waals surface area contributed by atoms with Crippen molar-refractivity contribution in [3.05, 3.63) is 28.6 Å². The fourth-order valence-electron chi connectivity index (χ4n) is 1.36. The maximum absolute atomic E-state index is 5.22. The van der Waals surface area contributed by atoms with Crippen molar-refractivity contribution in [1.29, 1.82) is 0 Å². The average Bonchev–Trinajstić information content (AvgIpc) is 2.91. The number of aromatic nitrogens is 5. The minimum absolute atomic E-state index is 0.534. The normalized spacial score (nSPS) is 11.1. The van der Waals surface area contributed by atoms with Gasteiger partial charge in [-0.3, -0.25) is 0 Å². The first kappa shape index (κ1) is 9.61. The third-order valence-electron chi connectivity index (χ3n) is 2.16. The summed E-state index contributed by atoms with van der Waals surface area (Å²) in [4.78, 5) is 9.51. The molecule has 16 heavy (non-hydrogen) atoms. The molecule has 0 N–H and O–H groups in total. The van der Waals surface area contributed by atoms with Crippen LogP contribution in [0, 0.1) is 4.77 Å². The highest BCUT2D eigenvalue weighted by atomic mass is 32.1. The van der Waals surface area contributed by atoms with E-state index in [1.165, 1.54) is 0 Å². The molecule has 0 unspecified atom stereocenters. The first-order valence-corrected chi connectivity index (χ1v) is 5.87. The molecule has 3 aromatic heterocycles. The van der Waals surface area contributed by atoms with E-state index in [-0.39, 0.29) is 0 Å². The smallest absolute Gasteiger partial charge is 0.256 e. The summed E-state index contributed by atoms with van der Waals surface area (Å²) in [5.41, 5.74) is 0. The Morgan fingerprint density at radius 2 is 2.31 bits per heavy atom. The van der Waals surface area contributed by atoms with E-state index in [0.29, 0.717) is 16.4 Å². The number of thiophene rings is 1. The Labute approximate surface area is 100 Å². The molecule has 80 valence electrons. The second kappa shape index (κ2) is 3.46. The van der Waals surface area contributed by atoms with E-state index < -0.39 is 0 Å². The summed E-state index contributed by atoms with van der Waals surface area (Å²) in [5.74, 6) is 1.20. The van der Waals surface area contributed by atoms with E-state index >= 15 is 0 Å². The van der Waals surface area contributed by atoms with E-state index in [4.69, 9.17) is 12.2 Å². The summed E-state index contributed by atoms with van der Waals surface area (Å²) < 4.78 is 3.89. The van der Waals surface area contributed by atoms with Crippen molar-refractivity contribution in [3.63, 3.8) is 0 Å². The molecule has 5 nitrogen and oxygen atoms in total. The third-order valence-corrected chi connectivity index (χ3v) is 3.49. The predicted molar refractivity (Wildman–Crippen MR) is 63.9 cm³/mol. The molecule has 0 atom stereocenters. The van der Waals surface area contributed by atoms with Crippen molar-refractivity contribution in [3.8, 4) is 10.7 Å². The van der Waals surface area contributed by atoms with Gasteiger partial charge in [0.15, 0.2) is 5.82 Å². The first-order chi connectivity index (χ1) is 7.75. The van der Waals surface area contributed by atoms with Gasteiger partial charge in [-0.15, -0.1) is 16.4 Å². The van der Waals surface area contributed by atoms with Gasteiger partial charge in [0.05, 0.1) is 4.88 Å². The second-order valence-corrected chi connectivity index (χ2v) is 4.58. The third kappa shape index (κ3) is 1.36. The van der Waals surface area contributed by atoms with Gasteiger partial charge in [0, 0.05) is 7.05 Å². The van der Waals surface area contributed by atoms with Gasteiger partial charge in [-0.05, 0) is 23.7 Å². The van der Waals surface area contributed by atoms with Gasteiger partial charge in [0.25, 0.3) is 5.78 Å². The van der Waals surface area contributed by atoms with E-state index in [1.807, 2.05) is 24.6 Å². The summed E-state index contributed by atoms with van der Waals surface area (Å²) in [6.07, 6.45) is 1.64. The van der Waals surface area contributed by atoms with E-state index in [2.05, 4.69) is 15.1 Å². The lowest BCUT2D eigenvalue weighted by Crippen LogP contribution is -2.02. The highest BCUT2D eigenvalue weighted by Gasteiger charge is 2.08. The Kier molecular flexibility index (Phi) is 2.08. The van der Waals surface area contributed by atoms with Crippen molar-refractivity contribution in [2.45, 2.75) is 0 Å². The quantitative estimate of drug-likeness (QED) is 0.618. The Hall–Kier alpha value is -1.60. The summed E-state index contributed by atoms with van der Waals surface area (Å²) in [7, 11) is 1.83. The minimum atomic E-state index is 0.534. The van der Waals surface area contributed by atoms with Crippen LogP contribution in [0.4, 0.5) is 0 Å². The van der Waals surface area contributed by atoms with Crippen LogP contribution in [-0.2, 0) is 7.05 Å². The van der Waals surface area contributed by atoms with Crippen LogP contribution >= 0.6 is 23.6 Å². The molecule has 0 saturated heterocycles. The van der Waals surface area contributed by atoms with Crippen LogP contribution in [-0.4, -0.2) is 24.1 Å². The van der Waals surface area contributed by atoms with Crippen molar-refractivity contribution in [2.24, 2.45) is 7.05 Å². The molecule has 0 aliphatic carbocycles. The molecule has 0 aliphatic rings. The lowest BCUT2D eigenvalue weighted by Gasteiger charge is -1.96. The lowest BCUT2D eigenvalue weighted by molar-refractivity contribution is 0.747. The summed E-state index contributed by atoms with van der Waals surface area (Å²) in [5, 5.41) is 6.33. The molecule has 0 radical (unpaired) electrons. The molecule has 0 amide bonds. The minimum Gasteiger partial charge on any atom is -0.311 e. The van der Waals surface area contributed by atoms with Gasteiger partial charge in [0.1, 0.15) is 6.33 Å². The lowest BCUT2D eigenvalue weighted by atomic mass is 10.4. The van der Waals surface area contributed by atoms with E-state index in [0.717, 1.165) is 4.88 Å². The van der Waals surface area contributed by atoms with Crippen LogP contribution < -0.4 is 0 Å². The molecule has 0 aromatic carbocycles. The summed E-state index contributed by atoms with van der Waals surface area (Å²) >= 11 is 6.82. The molecule has 0 spiro atoms. The Bertz CT molecular complexity index is 694. The van der Waals surface area contributed by atoms with E-state index in [9.17, 15) is 0 Å². The first-order valence-electron chi connectivity index (χ1n) is 4.58. The Balaban J connectivity index is 2.32. The van der Waals surface area contributed by atoms with Gasteiger partial charge >= 0.3 is 0 Å². The van der Waals surface area contributed by atoms with Gasteiger partial charge in [-0.1, -0.05) is 6.07 Å². The molecule has 3 heterocycles. The van der Waals surface area contributed by atoms with Crippen LogP contribution in [0.25, 0.3) is 16.5 Å². The molecular formula is C9H7N5S2. The van der Waals surface area contributed by atoms with Crippen LogP contribution in [0.3, 0.4) is 0 Å². The fraction of sp³-hybridized carbons (Fsp3) is 0.111. The van der Waals surface area contributed by atoms with Crippen molar-refractivity contribution >= 4 is 29.3 Å². The van der Waals surface area contributed by atoms with Gasteiger partial charge in [-0.25, -0.2) is 4.98 Å². The summed E-state index contributed by atoms with van der Waals surface area (Å²) in [6.45, 7) is 0. The maximum Gasteiger partial charge on any atom is 0.256 e. The van der Waals surface area contributed by atoms with Crippen LogP contribution in [0.15, 0.2) is 23.8 Å². The van der Waals surface area contributed by atoms with Crippen LogP contribution in [0.2, 0.25) is 0 Å². The topological polar surface area (TPSA) is 48.0 Å². The molecule has 7 heteroatoms. The second-order valence-electron chi connectivity index (χ2n) is 3.26. The van der Waals surface area contributed by atoms with Crippen LogP contribution in [0.5, 0.6) is 0 Å². The number of hydrogen-bond donors (Lipinski definition) is 0. The molecule has 0 aliphatic heterocycles. The molecular weight excluding hydrogens is 242 g/mol. The molecule has 3 rings (SSSR count). The van der Waals surface area contributed by atoms with Gasteiger partial charge in [-0.2, -0.15) is 9.50 Å². The highest BCUT2D eigenvalue weighted by molar-refractivity contribution is 7.71. The van der Waals surface area contributed by atoms with Crippen molar-refractivity contribution in [1.82, 2.24) is 24.1 Å². The maximum atomic E-state index is 5.22. The molecule has 0 bridgehead atoms. The number of aryl methyl sites for hydroxylation is 1. The summed E-state index contributed by atoms with van der Waals surface area (Å²) in [6, 6.07) is 3.94. The van der Waals surface area contributed by atoms with Gasteiger partial charge in [0.2, 0.25) is 4.77 Å². The van der Waals surface area contributed by atoms with Gasteiger partial charge < -0.3 is 4.57 Å². The number of hydrogen-bond acceptors (Lipinski definition) is 5. The fourth-order valence-corrected chi connectivity index (χ4v) is 2.19. The molecule has 0 saturated carbocycles. The number of rotatable bonds is 1. The highest BCUT2D eigenvalue weighted by Crippen LogP contribution is 2.20. The number of fused-ring (bicyclic) bond motifs is 1. The van der Waals surface area contributed by atoms with Crippen LogP contribution in [0.1, 0.15) is 0 Å². The monoisotopic (exact) mass is 249 g/mol. The zero-order valence-electron chi connectivity index (χ0n) is 8.36. The van der Waals surface area contributed by atoms with E-state index in [1.54, 1.807) is 26.7 Å². The molecule has 3 aromatic rings. The zero-order chi connectivity index (χ0) is 11.1. The standard InChI is InChI=1S/C9H7N5S2/c1-13-5-10-8-11-7(6-3-2-4-16-6)12-14(8)9(13)15/h2-5H,1H3. The SMILES string of the molecule is Cn1cnc2nc(-c3cccs3)nn2c1=S. The predicted octanol–water partition coefficient (Wildman–Crippen LogP) is 1.92. The largest absolute Gasteiger partial charge is 0.311 e. The Morgan fingerprint density at radius 3 is 3.06 bits per heavy atom. The zero-order valence-corrected chi connectivity index (χ0v) is 9.99.